The molecular weight excluding hydrogens is 222 g/mol. The molecule has 2 rings (SSSR count). The fraction of sp³-hybridized carbons (Fsp3) is 0.0909. The molecule has 6 heteroatoms. The summed E-state index contributed by atoms with van der Waals surface area (Å²) in [4.78, 5) is 27.9. The average Bonchev–Trinajstić information content (AvgIpc) is 2.79. The largest absolute Gasteiger partial charge is 0.358 e. The molecular formula is C11H9N3O3. The Morgan fingerprint density at radius 2 is 2.06 bits per heavy atom. The van der Waals surface area contributed by atoms with Crippen LogP contribution in [0.25, 0.3) is 0 Å². The number of hydrogen-bond donors (Lipinski definition) is 1. The smallest absolute Gasteiger partial charge is 0.340 e. The quantitative estimate of drug-likeness (QED) is 0.493. The monoisotopic (exact) mass is 231 g/mol. The lowest BCUT2D eigenvalue weighted by Crippen LogP contribution is -2.04. The highest BCUT2D eigenvalue weighted by atomic mass is 16.6. The number of H-pyrrole nitrogens is 1. The zero-order valence-corrected chi connectivity index (χ0v) is 8.79. The van der Waals surface area contributed by atoms with Gasteiger partial charge in [0, 0.05) is 5.56 Å². The molecule has 0 amide bonds. The molecule has 0 aliphatic rings. The maximum Gasteiger partial charge on any atom is 0.340 e. The molecule has 17 heavy (non-hydrogen) atoms. The molecule has 6 nitrogen and oxygen atoms in total. The molecule has 0 radical (unpaired) electrons. The Morgan fingerprint density at radius 1 is 1.35 bits per heavy atom. The highest BCUT2D eigenvalue weighted by Crippen LogP contribution is 2.09. The van der Waals surface area contributed by atoms with Crippen LogP contribution in [0.1, 0.15) is 16.2 Å². The van der Waals surface area contributed by atoms with Gasteiger partial charge in [-0.05, 0) is 4.92 Å². The van der Waals surface area contributed by atoms with Crippen LogP contribution in [0, 0.1) is 10.1 Å². The van der Waals surface area contributed by atoms with E-state index in [2.05, 4.69) is 9.97 Å². The standard InChI is InChI=1S/C11H9N3O3/c15-9(8-4-2-1-3-5-8)6-10-12-7-11(13-10)14(16)17/h1-5,7H,6H2,(H,12,13). The Bertz CT molecular complexity index is 548. The summed E-state index contributed by atoms with van der Waals surface area (Å²) in [6.45, 7) is 0. The normalized spacial score (nSPS) is 10.1. The molecule has 0 unspecified atom stereocenters. The summed E-state index contributed by atoms with van der Waals surface area (Å²) < 4.78 is 0. The molecule has 1 aromatic heterocycles. The van der Waals surface area contributed by atoms with Crippen molar-refractivity contribution in [2.45, 2.75) is 6.42 Å². The zero-order chi connectivity index (χ0) is 12.3. The van der Waals surface area contributed by atoms with E-state index in [1.165, 1.54) is 0 Å². The van der Waals surface area contributed by atoms with Gasteiger partial charge in [-0.15, -0.1) is 0 Å². The van der Waals surface area contributed by atoms with Gasteiger partial charge in [0.15, 0.2) is 5.78 Å². The first-order valence-corrected chi connectivity index (χ1v) is 4.93. The maximum atomic E-state index is 11.8. The molecule has 0 saturated heterocycles. The van der Waals surface area contributed by atoms with Crippen molar-refractivity contribution in [2.24, 2.45) is 0 Å². The number of nitrogens with zero attached hydrogens (tertiary/aromatic N) is 2. The fourth-order valence-corrected chi connectivity index (χ4v) is 1.41. The molecule has 0 atom stereocenters. The van der Waals surface area contributed by atoms with E-state index in [0.29, 0.717) is 11.4 Å². The Labute approximate surface area is 96.5 Å². The Balaban J connectivity index is 2.11. The van der Waals surface area contributed by atoms with Crippen molar-refractivity contribution < 1.29 is 9.72 Å². The van der Waals surface area contributed by atoms with E-state index in [1.54, 1.807) is 24.3 Å². The van der Waals surface area contributed by atoms with Gasteiger partial charge < -0.3 is 10.1 Å². The summed E-state index contributed by atoms with van der Waals surface area (Å²) >= 11 is 0. The third-order valence-electron chi connectivity index (χ3n) is 2.24. The van der Waals surface area contributed by atoms with Gasteiger partial charge in [0.1, 0.15) is 6.20 Å². The van der Waals surface area contributed by atoms with Gasteiger partial charge in [0.05, 0.1) is 6.42 Å². The van der Waals surface area contributed by atoms with Crippen LogP contribution in [0.5, 0.6) is 0 Å². The van der Waals surface area contributed by atoms with Gasteiger partial charge in [-0.1, -0.05) is 30.3 Å². The highest BCUT2D eigenvalue weighted by Gasteiger charge is 2.14. The number of benzene rings is 1. The van der Waals surface area contributed by atoms with Gasteiger partial charge in [0.25, 0.3) is 0 Å². The number of rotatable bonds is 4. The van der Waals surface area contributed by atoms with Crippen molar-refractivity contribution in [3.8, 4) is 0 Å². The van der Waals surface area contributed by atoms with E-state index in [1.807, 2.05) is 6.07 Å². The van der Waals surface area contributed by atoms with Crippen molar-refractivity contribution in [3.05, 3.63) is 58.0 Å². The number of hydrogen-bond acceptors (Lipinski definition) is 4. The van der Waals surface area contributed by atoms with Crippen molar-refractivity contribution in [1.29, 1.82) is 0 Å². The Kier molecular flexibility index (Phi) is 2.95. The van der Waals surface area contributed by atoms with Gasteiger partial charge in [0.2, 0.25) is 5.82 Å². The minimum atomic E-state index is -0.580. The number of carbonyl (C=O) groups excluding carboxylic acids is 1. The van der Waals surface area contributed by atoms with Crippen LogP contribution in [0.2, 0.25) is 0 Å². The summed E-state index contributed by atoms with van der Waals surface area (Å²) in [7, 11) is 0. The molecule has 1 aromatic carbocycles. The minimum Gasteiger partial charge on any atom is -0.358 e. The van der Waals surface area contributed by atoms with Gasteiger partial charge >= 0.3 is 5.82 Å². The van der Waals surface area contributed by atoms with E-state index in [-0.39, 0.29) is 18.0 Å². The summed E-state index contributed by atoms with van der Waals surface area (Å²) in [6, 6.07) is 8.73. The van der Waals surface area contributed by atoms with E-state index in [0.717, 1.165) is 6.20 Å². The van der Waals surface area contributed by atoms with Gasteiger partial charge in [-0.2, -0.15) is 0 Å². The molecule has 1 N–H and O–H groups in total. The minimum absolute atomic E-state index is 0.0256. The third kappa shape index (κ3) is 2.54. The second-order valence-corrected chi connectivity index (χ2v) is 3.44. The predicted molar refractivity (Wildman–Crippen MR) is 59.7 cm³/mol. The molecule has 0 bridgehead atoms. The maximum absolute atomic E-state index is 11.8. The Morgan fingerprint density at radius 3 is 2.65 bits per heavy atom. The molecule has 0 aliphatic carbocycles. The topological polar surface area (TPSA) is 88.9 Å². The lowest BCUT2D eigenvalue weighted by Gasteiger charge is -1.96. The first-order chi connectivity index (χ1) is 8.16. The number of Topliss-reactive ketones (excluding diaryl/α,β-unsaturated/α-hetero) is 1. The lowest BCUT2D eigenvalue weighted by molar-refractivity contribution is -0.389. The number of carbonyl (C=O) groups is 1. The van der Waals surface area contributed by atoms with Gasteiger partial charge in [-0.3, -0.25) is 4.79 Å². The summed E-state index contributed by atoms with van der Waals surface area (Å²) in [5.41, 5.74) is 0.562. The van der Waals surface area contributed by atoms with E-state index in [9.17, 15) is 14.9 Å². The number of aromatic amines is 1. The molecule has 0 fully saturated rings. The number of aromatic nitrogens is 2. The van der Waals surface area contributed by atoms with Crippen molar-refractivity contribution in [3.63, 3.8) is 0 Å². The SMILES string of the molecule is O=C(Cc1ncc([N+](=O)[O-])[nH]1)c1ccccc1. The van der Waals surface area contributed by atoms with Gasteiger partial charge in [-0.25, -0.2) is 9.97 Å². The van der Waals surface area contributed by atoms with Crippen LogP contribution in [0.15, 0.2) is 36.5 Å². The number of nitro groups is 1. The molecule has 2 aromatic rings. The number of nitrogens with one attached hydrogen (secondary N) is 1. The van der Waals surface area contributed by atoms with Crippen LogP contribution < -0.4 is 0 Å². The zero-order valence-electron chi connectivity index (χ0n) is 8.79. The molecule has 0 saturated carbocycles. The summed E-state index contributed by atoms with van der Waals surface area (Å²) in [6.07, 6.45) is 1.13. The third-order valence-corrected chi connectivity index (χ3v) is 2.24. The van der Waals surface area contributed by atoms with Crippen LogP contribution in [-0.4, -0.2) is 20.7 Å². The predicted octanol–water partition coefficient (Wildman–Crippen LogP) is 1.74. The first kappa shape index (κ1) is 11.0. The fourth-order valence-electron chi connectivity index (χ4n) is 1.41. The molecule has 0 spiro atoms. The number of imidazole rings is 1. The molecule has 1 heterocycles. The lowest BCUT2D eigenvalue weighted by atomic mass is 10.1. The van der Waals surface area contributed by atoms with E-state index >= 15 is 0 Å². The van der Waals surface area contributed by atoms with Crippen LogP contribution in [-0.2, 0) is 6.42 Å². The number of ketones is 1. The second kappa shape index (κ2) is 4.56. The van der Waals surface area contributed by atoms with Crippen LogP contribution in [0.3, 0.4) is 0 Å². The van der Waals surface area contributed by atoms with Crippen LogP contribution in [0.4, 0.5) is 5.82 Å². The highest BCUT2D eigenvalue weighted by molar-refractivity contribution is 5.97. The summed E-state index contributed by atoms with van der Waals surface area (Å²) in [5.74, 6) is -0.0405. The average molecular weight is 231 g/mol. The van der Waals surface area contributed by atoms with Crippen molar-refractivity contribution in [2.75, 3.05) is 0 Å². The van der Waals surface area contributed by atoms with Crippen molar-refractivity contribution in [1.82, 2.24) is 9.97 Å². The molecule has 86 valence electrons. The van der Waals surface area contributed by atoms with E-state index < -0.39 is 4.92 Å². The summed E-state index contributed by atoms with van der Waals surface area (Å²) in [5, 5.41) is 10.4. The van der Waals surface area contributed by atoms with E-state index in [4.69, 9.17) is 0 Å². The molecule has 0 aliphatic heterocycles. The van der Waals surface area contributed by atoms with Crippen LogP contribution >= 0.6 is 0 Å². The first-order valence-electron chi connectivity index (χ1n) is 4.93. The Hall–Kier alpha value is -2.50. The second-order valence-electron chi connectivity index (χ2n) is 3.44. The van der Waals surface area contributed by atoms with Crippen molar-refractivity contribution >= 4 is 11.6 Å².